The van der Waals surface area contributed by atoms with Gasteiger partial charge in [-0.1, -0.05) is 60.1 Å². The minimum Gasteiger partial charge on any atom is -0.507 e. The van der Waals surface area contributed by atoms with E-state index in [-0.39, 0.29) is 16.8 Å². The van der Waals surface area contributed by atoms with Gasteiger partial charge in [-0.2, -0.15) is 0 Å². The van der Waals surface area contributed by atoms with Crippen molar-refractivity contribution in [2.24, 2.45) is 0 Å². The number of anilines is 1. The van der Waals surface area contributed by atoms with Crippen LogP contribution in [0.15, 0.2) is 81.7 Å². The third-order valence-corrected chi connectivity index (χ3v) is 6.80. The van der Waals surface area contributed by atoms with Gasteiger partial charge in [0.15, 0.2) is 10.7 Å². The fraction of sp³-hybridized carbons (Fsp3) is 0.107. The number of phenolic OH excluding ortho intramolecular Hbond substituents is 1. The lowest BCUT2D eigenvalue weighted by molar-refractivity contribution is 0.0979. The lowest BCUT2D eigenvalue weighted by atomic mass is 10.0. The summed E-state index contributed by atoms with van der Waals surface area (Å²) in [6.07, 6.45) is 0. The van der Waals surface area contributed by atoms with Crippen molar-refractivity contribution in [2.45, 2.75) is 19.8 Å². The highest BCUT2D eigenvalue weighted by Crippen LogP contribution is 2.34. The van der Waals surface area contributed by atoms with Gasteiger partial charge < -0.3 is 14.8 Å². The van der Waals surface area contributed by atoms with Crippen molar-refractivity contribution in [3.63, 3.8) is 0 Å². The zero-order valence-electron chi connectivity index (χ0n) is 19.5. The molecule has 0 aliphatic rings. The fourth-order valence-electron chi connectivity index (χ4n) is 4.01. The molecular formula is C28H22BrN3O3S. The molecule has 8 heteroatoms. The number of phenols is 1. The number of nitrogens with one attached hydrogen (secondary N) is 2. The van der Waals surface area contributed by atoms with Gasteiger partial charge in [0.05, 0.1) is 5.56 Å². The van der Waals surface area contributed by atoms with E-state index in [2.05, 4.69) is 45.4 Å². The minimum atomic E-state index is -0.329. The Hall–Kier alpha value is -3.75. The first kappa shape index (κ1) is 24.0. The van der Waals surface area contributed by atoms with Crippen LogP contribution in [0, 0.1) is 0 Å². The molecule has 0 spiro atoms. The maximum absolute atomic E-state index is 12.9. The van der Waals surface area contributed by atoms with Crippen LogP contribution in [0.3, 0.4) is 0 Å². The number of thiocarbonyl (C=S) groups is 1. The highest BCUT2D eigenvalue weighted by Gasteiger charge is 2.16. The van der Waals surface area contributed by atoms with Gasteiger partial charge in [-0.15, -0.1) is 0 Å². The van der Waals surface area contributed by atoms with Crippen molar-refractivity contribution in [3.8, 4) is 17.2 Å². The molecule has 1 amide bonds. The molecule has 180 valence electrons. The van der Waals surface area contributed by atoms with E-state index in [0.717, 1.165) is 26.3 Å². The number of amides is 1. The molecule has 5 aromatic rings. The number of benzene rings is 4. The van der Waals surface area contributed by atoms with Crippen molar-refractivity contribution in [1.29, 1.82) is 0 Å². The van der Waals surface area contributed by atoms with Crippen LogP contribution in [0.25, 0.3) is 33.3 Å². The molecule has 0 saturated carbocycles. The van der Waals surface area contributed by atoms with E-state index in [4.69, 9.17) is 16.6 Å². The van der Waals surface area contributed by atoms with Crippen LogP contribution in [0.1, 0.15) is 35.7 Å². The zero-order valence-corrected chi connectivity index (χ0v) is 21.9. The minimum absolute atomic E-state index is 0.0244. The second-order valence-corrected chi connectivity index (χ2v) is 9.94. The van der Waals surface area contributed by atoms with Crippen molar-refractivity contribution >= 4 is 66.7 Å². The summed E-state index contributed by atoms with van der Waals surface area (Å²) < 4.78 is 6.77. The average molecular weight is 560 g/mol. The van der Waals surface area contributed by atoms with Gasteiger partial charge in [-0.05, 0) is 70.9 Å². The first-order valence-electron chi connectivity index (χ1n) is 11.3. The summed E-state index contributed by atoms with van der Waals surface area (Å²) in [5.41, 5.74) is 4.03. The van der Waals surface area contributed by atoms with Crippen LogP contribution in [0.4, 0.5) is 5.69 Å². The van der Waals surface area contributed by atoms with E-state index in [9.17, 15) is 9.90 Å². The van der Waals surface area contributed by atoms with Crippen molar-refractivity contribution < 1.29 is 14.3 Å². The van der Waals surface area contributed by atoms with Gasteiger partial charge in [-0.25, -0.2) is 4.98 Å². The lowest BCUT2D eigenvalue weighted by Crippen LogP contribution is -2.34. The molecule has 6 nitrogen and oxygen atoms in total. The summed E-state index contributed by atoms with van der Waals surface area (Å²) in [5.74, 6) is 0.348. The van der Waals surface area contributed by atoms with Gasteiger partial charge in [0.1, 0.15) is 11.3 Å². The molecule has 0 aliphatic carbocycles. The maximum Gasteiger partial charge on any atom is 0.258 e. The maximum atomic E-state index is 12.9. The van der Waals surface area contributed by atoms with Crippen molar-refractivity contribution in [3.05, 3.63) is 88.4 Å². The van der Waals surface area contributed by atoms with E-state index in [1.807, 2.05) is 48.5 Å². The first-order chi connectivity index (χ1) is 17.3. The molecule has 0 saturated heterocycles. The molecule has 0 atom stereocenters. The van der Waals surface area contributed by atoms with Crippen LogP contribution in [-0.4, -0.2) is 21.1 Å². The zero-order chi connectivity index (χ0) is 25.4. The Morgan fingerprint density at radius 3 is 2.58 bits per heavy atom. The second-order valence-electron chi connectivity index (χ2n) is 8.68. The molecule has 0 bridgehead atoms. The standard InChI is InChI=1S/C28H22BrN3O3S/c1-15(2)16-9-12-25-23(13-16)31-27(35-25)21-11-10-17(14-24(21)33)30-28(36)32-26(34)20-7-3-6-19-18(20)5-4-8-22(19)29/h3-15,33H,1-2H3,(H2,30,32,34,36). The highest BCUT2D eigenvalue weighted by atomic mass is 79.9. The first-order valence-corrected chi connectivity index (χ1v) is 12.5. The van der Waals surface area contributed by atoms with Crippen LogP contribution >= 0.6 is 28.1 Å². The smallest absolute Gasteiger partial charge is 0.258 e. The molecule has 0 unspecified atom stereocenters. The summed E-state index contributed by atoms with van der Waals surface area (Å²) >= 11 is 8.86. The Balaban J connectivity index is 1.32. The predicted molar refractivity (Wildman–Crippen MR) is 151 cm³/mol. The second kappa shape index (κ2) is 9.72. The number of aromatic hydroxyl groups is 1. The van der Waals surface area contributed by atoms with Gasteiger partial charge in [0.2, 0.25) is 5.89 Å². The average Bonchev–Trinajstić information content (AvgIpc) is 3.27. The number of carbonyl (C=O) groups is 1. The predicted octanol–water partition coefficient (Wildman–Crippen LogP) is 7.37. The Morgan fingerprint density at radius 1 is 1.03 bits per heavy atom. The van der Waals surface area contributed by atoms with Crippen LogP contribution in [-0.2, 0) is 0 Å². The summed E-state index contributed by atoms with van der Waals surface area (Å²) in [7, 11) is 0. The Labute approximate surface area is 221 Å². The largest absolute Gasteiger partial charge is 0.507 e. The number of aromatic nitrogens is 1. The number of hydrogen-bond donors (Lipinski definition) is 3. The van der Waals surface area contributed by atoms with Gasteiger partial charge >= 0.3 is 0 Å². The summed E-state index contributed by atoms with van der Waals surface area (Å²) in [6.45, 7) is 4.24. The number of halogens is 1. The van der Waals surface area contributed by atoms with Gasteiger partial charge in [0, 0.05) is 21.8 Å². The number of oxazole rings is 1. The number of carbonyl (C=O) groups excluding carboxylic acids is 1. The number of hydrogen-bond acceptors (Lipinski definition) is 5. The van der Waals surface area contributed by atoms with E-state index >= 15 is 0 Å². The monoisotopic (exact) mass is 559 g/mol. The van der Waals surface area contributed by atoms with Gasteiger partial charge in [0.25, 0.3) is 5.91 Å². The Morgan fingerprint density at radius 2 is 1.81 bits per heavy atom. The van der Waals surface area contributed by atoms with E-state index in [1.54, 1.807) is 18.2 Å². The van der Waals surface area contributed by atoms with Gasteiger partial charge in [-0.3, -0.25) is 10.1 Å². The Bertz CT molecular complexity index is 1640. The summed E-state index contributed by atoms with van der Waals surface area (Å²) in [5, 5.41) is 18.2. The third kappa shape index (κ3) is 4.69. The number of fused-ring (bicyclic) bond motifs is 2. The van der Waals surface area contributed by atoms with Crippen LogP contribution < -0.4 is 10.6 Å². The van der Waals surface area contributed by atoms with E-state index in [0.29, 0.717) is 34.2 Å². The lowest BCUT2D eigenvalue weighted by Gasteiger charge is -2.12. The Kier molecular flexibility index (Phi) is 6.47. The molecule has 0 fully saturated rings. The highest BCUT2D eigenvalue weighted by molar-refractivity contribution is 9.10. The molecule has 3 N–H and O–H groups in total. The van der Waals surface area contributed by atoms with Crippen LogP contribution in [0.5, 0.6) is 5.75 Å². The molecule has 36 heavy (non-hydrogen) atoms. The summed E-state index contributed by atoms with van der Waals surface area (Å²) in [4.78, 5) is 17.5. The fourth-order valence-corrected chi connectivity index (χ4v) is 4.72. The molecule has 0 radical (unpaired) electrons. The van der Waals surface area contributed by atoms with E-state index in [1.165, 1.54) is 6.07 Å². The summed E-state index contributed by atoms with van der Waals surface area (Å²) in [6, 6.07) is 22.0. The van der Waals surface area contributed by atoms with Crippen molar-refractivity contribution in [1.82, 2.24) is 10.3 Å². The normalized spacial score (nSPS) is 11.2. The molecule has 0 aliphatic heterocycles. The third-order valence-electron chi connectivity index (χ3n) is 5.90. The quantitative estimate of drug-likeness (QED) is 0.199. The molecule has 1 aromatic heterocycles. The topological polar surface area (TPSA) is 87.4 Å². The number of rotatable bonds is 4. The molecule has 1 heterocycles. The molecule has 5 rings (SSSR count). The van der Waals surface area contributed by atoms with Crippen molar-refractivity contribution in [2.75, 3.05) is 5.32 Å². The van der Waals surface area contributed by atoms with Crippen LogP contribution in [0.2, 0.25) is 0 Å². The number of nitrogens with zero attached hydrogens (tertiary/aromatic N) is 1. The molecule has 4 aromatic carbocycles. The molecular weight excluding hydrogens is 538 g/mol. The van der Waals surface area contributed by atoms with E-state index < -0.39 is 0 Å². The SMILES string of the molecule is CC(C)c1ccc2oc(-c3ccc(NC(=S)NC(=O)c4cccc5c(Br)cccc45)cc3O)nc2c1.